The van der Waals surface area contributed by atoms with E-state index < -0.39 is 0 Å². The van der Waals surface area contributed by atoms with Crippen LogP contribution in [0.1, 0.15) is 38.3 Å². The van der Waals surface area contributed by atoms with Crippen LogP contribution < -0.4 is 4.74 Å². The van der Waals surface area contributed by atoms with Gasteiger partial charge < -0.3 is 9.64 Å². The molecule has 0 aliphatic rings. The predicted octanol–water partition coefficient (Wildman–Crippen LogP) is 3.62. The maximum absolute atomic E-state index is 5.94. The van der Waals surface area contributed by atoms with Gasteiger partial charge in [0, 0.05) is 6.54 Å². The molecule has 0 saturated carbocycles. The van der Waals surface area contributed by atoms with Gasteiger partial charge in [0.05, 0.1) is 6.61 Å². The molecule has 0 aliphatic carbocycles. The Bertz CT molecular complexity index is 377. The second kappa shape index (κ2) is 6.24. The van der Waals surface area contributed by atoms with Crippen LogP contribution in [0.2, 0.25) is 0 Å². The van der Waals surface area contributed by atoms with Crippen LogP contribution in [0.25, 0.3) is 0 Å². The van der Waals surface area contributed by atoms with E-state index >= 15 is 0 Å². The molecular weight excluding hydrogens is 222 g/mol. The quantitative estimate of drug-likeness (QED) is 0.739. The number of nitrogens with zero attached hydrogens (tertiary/aromatic N) is 1. The summed E-state index contributed by atoms with van der Waals surface area (Å²) < 4.78 is 5.94. The summed E-state index contributed by atoms with van der Waals surface area (Å²) in [6, 6.07) is 6.46. The van der Waals surface area contributed by atoms with Gasteiger partial charge in [-0.2, -0.15) is 0 Å². The predicted molar refractivity (Wildman–Crippen MR) is 78.5 cm³/mol. The number of hydrogen-bond acceptors (Lipinski definition) is 2. The van der Waals surface area contributed by atoms with Crippen molar-refractivity contribution in [3.63, 3.8) is 0 Å². The monoisotopic (exact) mass is 249 g/mol. The lowest BCUT2D eigenvalue weighted by atomic mass is 9.85. The fourth-order valence-electron chi connectivity index (χ4n) is 1.92. The van der Waals surface area contributed by atoms with Gasteiger partial charge in [-0.1, -0.05) is 38.5 Å². The van der Waals surface area contributed by atoms with Crippen LogP contribution >= 0.6 is 0 Å². The third kappa shape index (κ3) is 4.69. The Morgan fingerprint density at radius 2 is 1.83 bits per heavy atom. The molecule has 1 rings (SSSR count). The first-order valence-electron chi connectivity index (χ1n) is 6.69. The number of hydrogen-bond donors (Lipinski definition) is 0. The van der Waals surface area contributed by atoms with Gasteiger partial charge in [-0.25, -0.2) is 0 Å². The van der Waals surface area contributed by atoms with Crippen molar-refractivity contribution in [2.75, 3.05) is 27.2 Å². The van der Waals surface area contributed by atoms with Crippen LogP contribution in [-0.4, -0.2) is 32.1 Å². The topological polar surface area (TPSA) is 12.5 Å². The highest BCUT2D eigenvalue weighted by Gasteiger charge is 2.18. The fraction of sp³-hybridized carbons (Fsp3) is 0.625. The molecule has 1 aromatic carbocycles. The first kappa shape index (κ1) is 15.0. The normalized spacial score (nSPS) is 11.9. The molecule has 0 bridgehead atoms. The van der Waals surface area contributed by atoms with Crippen LogP contribution in [0.15, 0.2) is 18.2 Å². The Morgan fingerprint density at radius 1 is 1.17 bits per heavy atom. The van der Waals surface area contributed by atoms with E-state index in [1.54, 1.807) is 0 Å². The molecule has 0 N–H and O–H groups in total. The molecule has 0 radical (unpaired) electrons. The van der Waals surface area contributed by atoms with Crippen LogP contribution in [0.4, 0.5) is 0 Å². The maximum atomic E-state index is 5.94. The molecule has 2 heteroatoms. The van der Waals surface area contributed by atoms with Gasteiger partial charge in [-0.15, -0.1) is 0 Å². The van der Waals surface area contributed by atoms with E-state index in [1.807, 2.05) is 0 Å². The van der Waals surface area contributed by atoms with Gasteiger partial charge >= 0.3 is 0 Å². The SMILES string of the molecule is Cc1ccc(OCCCN(C)C)c(C(C)(C)C)c1. The van der Waals surface area contributed by atoms with Crippen molar-refractivity contribution in [1.29, 1.82) is 0 Å². The zero-order chi connectivity index (χ0) is 13.8. The Hall–Kier alpha value is -1.02. The molecule has 0 fully saturated rings. The second-order valence-corrected chi connectivity index (χ2v) is 6.25. The lowest BCUT2D eigenvalue weighted by Gasteiger charge is -2.23. The molecular formula is C16H27NO. The zero-order valence-corrected chi connectivity index (χ0v) is 12.7. The molecule has 0 atom stereocenters. The highest BCUT2D eigenvalue weighted by molar-refractivity contribution is 5.41. The van der Waals surface area contributed by atoms with Gasteiger partial charge in [0.2, 0.25) is 0 Å². The van der Waals surface area contributed by atoms with Crippen LogP contribution in [0.5, 0.6) is 5.75 Å². The molecule has 102 valence electrons. The van der Waals surface area contributed by atoms with E-state index in [2.05, 4.69) is 64.9 Å². The van der Waals surface area contributed by atoms with Crippen molar-refractivity contribution in [2.24, 2.45) is 0 Å². The summed E-state index contributed by atoms with van der Waals surface area (Å²) in [7, 11) is 4.18. The van der Waals surface area contributed by atoms with E-state index in [0.717, 1.165) is 25.3 Å². The second-order valence-electron chi connectivity index (χ2n) is 6.25. The Balaban J connectivity index is 2.70. The number of rotatable bonds is 5. The van der Waals surface area contributed by atoms with E-state index in [1.165, 1.54) is 11.1 Å². The highest BCUT2D eigenvalue weighted by Crippen LogP contribution is 2.32. The lowest BCUT2D eigenvalue weighted by Crippen LogP contribution is -2.17. The van der Waals surface area contributed by atoms with Crippen molar-refractivity contribution in [3.05, 3.63) is 29.3 Å². The molecule has 1 aromatic rings. The molecule has 0 amide bonds. The van der Waals surface area contributed by atoms with Crippen molar-refractivity contribution in [2.45, 2.75) is 39.5 Å². The number of aryl methyl sites for hydroxylation is 1. The van der Waals surface area contributed by atoms with Gasteiger partial charge in [0.1, 0.15) is 5.75 Å². The third-order valence-electron chi connectivity index (χ3n) is 2.95. The van der Waals surface area contributed by atoms with Crippen molar-refractivity contribution < 1.29 is 4.74 Å². The minimum atomic E-state index is 0.128. The summed E-state index contributed by atoms with van der Waals surface area (Å²) in [5.41, 5.74) is 2.72. The largest absolute Gasteiger partial charge is 0.493 e. The van der Waals surface area contributed by atoms with Gasteiger partial charge in [0.15, 0.2) is 0 Å². The molecule has 0 saturated heterocycles. The molecule has 0 spiro atoms. The average molecular weight is 249 g/mol. The van der Waals surface area contributed by atoms with Crippen molar-refractivity contribution >= 4 is 0 Å². The summed E-state index contributed by atoms with van der Waals surface area (Å²) in [5.74, 6) is 1.03. The Kier molecular flexibility index (Phi) is 5.21. The molecule has 18 heavy (non-hydrogen) atoms. The van der Waals surface area contributed by atoms with Gasteiger partial charge in [0.25, 0.3) is 0 Å². The Labute approximate surface area is 112 Å². The number of ether oxygens (including phenoxy) is 1. The van der Waals surface area contributed by atoms with Crippen LogP contribution in [0, 0.1) is 6.92 Å². The third-order valence-corrected chi connectivity index (χ3v) is 2.95. The smallest absolute Gasteiger partial charge is 0.123 e. The van der Waals surface area contributed by atoms with E-state index in [-0.39, 0.29) is 5.41 Å². The van der Waals surface area contributed by atoms with Crippen molar-refractivity contribution in [3.8, 4) is 5.75 Å². The molecule has 0 aromatic heterocycles. The first-order chi connectivity index (χ1) is 8.30. The lowest BCUT2D eigenvalue weighted by molar-refractivity contribution is 0.276. The first-order valence-corrected chi connectivity index (χ1v) is 6.69. The zero-order valence-electron chi connectivity index (χ0n) is 12.7. The Morgan fingerprint density at radius 3 is 2.39 bits per heavy atom. The molecule has 0 aliphatic heterocycles. The summed E-state index contributed by atoms with van der Waals surface area (Å²) in [6.45, 7) is 10.7. The fourth-order valence-corrected chi connectivity index (χ4v) is 1.92. The van der Waals surface area contributed by atoms with Crippen LogP contribution in [0.3, 0.4) is 0 Å². The molecule has 2 nitrogen and oxygen atoms in total. The minimum Gasteiger partial charge on any atom is -0.493 e. The van der Waals surface area contributed by atoms with E-state index in [9.17, 15) is 0 Å². The standard InChI is InChI=1S/C16H27NO/c1-13-8-9-15(14(12-13)16(2,3)4)18-11-7-10-17(5)6/h8-9,12H,7,10-11H2,1-6H3. The summed E-state index contributed by atoms with van der Waals surface area (Å²) >= 11 is 0. The maximum Gasteiger partial charge on any atom is 0.123 e. The van der Waals surface area contributed by atoms with E-state index in [4.69, 9.17) is 4.74 Å². The summed E-state index contributed by atoms with van der Waals surface area (Å²) in [6.07, 6.45) is 1.06. The van der Waals surface area contributed by atoms with Gasteiger partial charge in [-0.05, 0) is 44.5 Å². The summed E-state index contributed by atoms with van der Waals surface area (Å²) in [5, 5.41) is 0. The molecule has 0 unspecified atom stereocenters. The summed E-state index contributed by atoms with van der Waals surface area (Å²) in [4.78, 5) is 2.18. The van der Waals surface area contributed by atoms with Gasteiger partial charge in [-0.3, -0.25) is 0 Å². The average Bonchev–Trinajstić information content (AvgIpc) is 2.24. The van der Waals surface area contributed by atoms with Crippen molar-refractivity contribution in [1.82, 2.24) is 4.90 Å². The van der Waals surface area contributed by atoms with Crippen LogP contribution in [-0.2, 0) is 5.41 Å². The molecule has 0 heterocycles. The van der Waals surface area contributed by atoms with E-state index in [0.29, 0.717) is 0 Å². The minimum absolute atomic E-state index is 0.128. The highest BCUT2D eigenvalue weighted by atomic mass is 16.5. The number of benzene rings is 1.